The van der Waals surface area contributed by atoms with Crippen LogP contribution in [-0.2, 0) is 10.0 Å². The number of anilines is 2. The average Bonchev–Trinajstić information content (AvgIpc) is 2.60. The minimum atomic E-state index is -3.47. The molecule has 0 aromatic heterocycles. The van der Waals surface area contributed by atoms with Crippen molar-refractivity contribution in [2.45, 2.75) is 0 Å². The third-order valence-corrected chi connectivity index (χ3v) is 4.92. The van der Waals surface area contributed by atoms with Crippen LogP contribution in [0.15, 0.2) is 42.5 Å². The van der Waals surface area contributed by atoms with E-state index >= 15 is 0 Å². The van der Waals surface area contributed by atoms with Gasteiger partial charge in [0, 0.05) is 18.3 Å². The first-order chi connectivity index (χ1) is 12.1. The number of benzene rings is 2. The Morgan fingerprint density at radius 3 is 2.23 bits per heavy atom. The van der Waals surface area contributed by atoms with E-state index in [0.717, 1.165) is 10.6 Å². The summed E-state index contributed by atoms with van der Waals surface area (Å²) in [6, 6.07) is 10.5. The predicted molar refractivity (Wildman–Crippen MR) is 99.2 cm³/mol. The number of primary amides is 1. The van der Waals surface area contributed by atoms with Crippen LogP contribution in [0.25, 0.3) is 0 Å². The second-order valence-corrected chi connectivity index (χ2v) is 7.52. The van der Waals surface area contributed by atoms with E-state index in [9.17, 15) is 18.0 Å². The zero-order valence-electron chi connectivity index (χ0n) is 14.5. The normalized spacial score (nSPS) is 10.9. The summed E-state index contributed by atoms with van der Waals surface area (Å²) < 4.78 is 29.6. The summed E-state index contributed by atoms with van der Waals surface area (Å²) in [5, 5.41) is 2.66. The van der Waals surface area contributed by atoms with E-state index in [2.05, 4.69) is 5.32 Å². The van der Waals surface area contributed by atoms with Gasteiger partial charge in [0.25, 0.3) is 5.91 Å². The summed E-state index contributed by atoms with van der Waals surface area (Å²) in [6.07, 6.45) is 1.07. The van der Waals surface area contributed by atoms with Crippen molar-refractivity contribution in [3.63, 3.8) is 0 Å². The Morgan fingerprint density at radius 1 is 1.12 bits per heavy atom. The number of amides is 2. The number of nitrogens with zero attached hydrogens (tertiary/aromatic N) is 1. The number of rotatable bonds is 6. The highest BCUT2D eigenvalue weighted by molar-refractivity contribution is 7.92. The van der Waals surface area contributed by atoms with Crippen molar-refractivity contribution in [2.75, 3.05) is 30.0 Å². The number of nitrogens with two attached hydrogens (primary N) is 1. The lowest BCUT2D eigenvalue weighted by atomic mass is 10.1. The Balaban J connectivity index is 2.33. The predicted octanol–water partition coefficient (Wildman–Crippen LogP) is 1.44. The van der Waals surface area contributed by atoms with Gasteiger partial charge in [0.05, 0.1) is 24.6 Å². The molecule has 0 spiro atoms. The maximum absolute atomic E-state index is 12.6. The van der Waals surface area contributed by atoms with Crippen molar-refractivity contribution in [3.05, 3.63) is 53.6 Å². The summed E-state index contributed by atoms with van der Waals surface area (Å²) in [5.41, 5.74) is 6.43. The molecular formula is C17H19N3O5S. The SMILES string of the molecule is COc1ccc(N(C)S(C)(=O)=O)cc1C(=O)Nc1ccc(C(N)=O)cc1. The van der Waals surface area contributed by atoms with Gasteiger partial charge in [-0.15, -0.1) is 0 Å². The molecule has 0 radical (unpaired) electrons. The van der Waals surface area contributed by atoms with Gasteiger partial charge in [-0.25, -0.2) is 8.42 Å². The van der Waals surface area contributed by atoms with Crippen molar-refractivity contribution < 1.29 is 22.7 Å². The molecule has 3 N–H and O–H groups in total. The number of hydrogen-bond acceptors (Lipinski definition) is 5. The second kappa shape index (κ2) is 7.44. The lowest BCUT2D eigenvalue weighted by Gasteiger charge is -2.18. The highest BCUT2D eigenvalue weighted by atomic mass is 32.2. The van der Waals surface area contributed by atoms with Crippen molar-refractivity contribution in [1.82, 2.24) is 0 Å². The summed E-state index contributed by atoms with van der Waals surface area (Å²) >= 11 is 0. The van der Waals surface area contributed by atoms with Crippen LogP contribution in [0.3, 0.4) is 0 Å². The first kappa shape index (κ1) is 19.3. The van der Waals surface area contributed by atoms with Crippen molar-refractivity contribution in [3.8, 4) is 5.75 Å². The van der Waals surface area contributed by atoms with Crippen molar-refractivity contribution in [2.24, 2.45) is 5.73 Å². The zero-order valence-corrected chi connectivity index (χ0v) is 15.3. The van der Waals surface area contributed by atoms with Crippen LogP contribution in [0.1, 0.15) is 20.7 Å². The van der Waals surface area contributed by atoms with Crippen LogP contribution in [0.2, 0.25) is 0 Å². The fraction of sp³-hybridized carbons (Fsp3) is 0.176. The number of hydrogen-bond donors (Lipinski definition) is 2. The maximum Gasteiger partial charge on any atom is 0.259 e. The molecule has 0 heterocycles. The number of carbonyl (C=O) groups is 2. The van der Waals surface area contributed by atoms with Crippen LogP contribution in [-0.4, -0.2) is 40.6 Å². The standard InChI is InChI=1S/C17H19N3O5S/c1-20(26(3,23)24)13-8-9-15(25-2)14(10-13)17(22)19-12-6-4-11(5-7-12)16(18)21/h4-10H,1-3H3,(H2,18,21)(H,19,22). The molecule has 0 aliphatic heterocycles. The largest absolute Gasteiger partial charge is 0.496 e. The molecule has 2 rings (SSSR count). The smallest absolute Gasteiger partial charge is 0.259 e. The number of ether oxygens (including phenoxy) is 1. The van der Waals surface area contributed by atoms with Gasteiger partial charge in [-0.1, -0.05) is 0 Å². The fourth-order valence-corrected chi connectivity index (χ4v) is 2.67. The Morgan fingerprint density at radius 2 is 1.73 bits per heavy atom. The Kier molecular flexibility index (Phi) is 5.51. The molecule has 0 atom stereocenters. The minimum Gasteiger partial charge on any atom is -0.496 e. The Hall–Kier alpha value is -3.07. The van der Waals surface area contributed by atoms with Gasteiger partial charge >= 0.3 is 0 Å². The summed E-state index contributed by atoms with van der Waals surface area (Å²) in [4.78, 5) is 23.7. The van der Waals surface area contributed by atoms with Gasteiger partial charge in [0.15, 0.2) is 0 Å². The molecule has 0 bridgehead atoms. The average molecular weight is 377 g/mol. The van der Waals surface area contributed by atoms with Gasteiger partial charge in [-0.3, -0.25) is 13.9 Å². The molecule has 2 amide bonds. The first-order valence-electron chi connectivity index (χ1n) is 7.46. The lowest BCUT2D eigenvalue weighted by molar-refractivity contribution is 0.0998. The van der Waals surface area contributed by atoms with Gasteiger partial charge in [0.1, 0.15) is 5.75 Å². The van der Waals surface area contributed by atoms with E-state index in [1.54, 1.807) is 0 Å². The number of nitrogens with one attached hydrogen (secondary N) is 1. The summed E-state index contributed by atoms with van der Waals surface area (Å²) in [6.45, 7) is 0. The van der Waals surface area contributed by atoms with Crippen LogP contribution in [0.5, 0.6) is 5.75 Å². The molecule has 0 aliphatic rings. The molecule has 9 heteroatoms. The Labute approximate surface area is 151 Å². The molecule has 2 aromatic rings. The Bertz CT molecular complexity index is 939. The van der Waals surface area contributed by atoms with Gasteiger partial charge in [0.2, 0.25) is 15.9 Å². The topological polar surface area (TPSA) is 119 Å². The highest BCUT2D eigenvalue weighted by Gasteiger charge is 2.18. The third-order valence-electron chi connectivity index (χ3n) is 3.72. The van der Waals surface area contributed by atoms with E-state index in [-0.39, 0.29) is 5.56 Å². The summed E-state index contributed by atoms with van der Waals surface area (Å²) in [7, 11) is -0.672. The van der Waals surface area contributed by atoms with E-state index in [0.29, 0.717) is 22.7 Å². The number of methoxy groups -OCH3 is 1. The second-order valence-electron chi connectivity index (χ2n) is 5.51. The molecule has 0 saturated carbocycles. The van der Waals surface area contributed by atoms with Crippen LogP contribution in [0, 0.1) is 0 Å². The molecule has 0 fully saturated rings. The van der Waals surface area contributed by atoms with Crippen LogP contribution < -0.4 is 20.1 Å². The molecule has 138 valence electrons. The number of sulfonamides is 1. The zero-order chi connectivity index (χ0) is 19.5. The number of carbonyl (C=O) groups excluding carboxylic acids is 2. The van der Waals surface area contributed by atoms with Crippen molar-refractivity contribution >= 4 is 33.2 Å². The molecule has 2 aromatic carbocycles. The monoisotopic (exact) mass is 377 g/mol. The first-order valence-corrected chi connectivity index (χ1v) is 9.31. The van der Waals surface area contributed by atoms with Gasteiger partial charge < -0.3 is 15.8 Å². The van der Waals surface area contributed by atoms with Crippen LogP contribution >= 0.6 is 0 Å². The molecule has 8 nitrogen and oxygen atoms in total. The van der Waals surface area contributed by atoms with Gasteiger partial charge in [-0.2, -0.15) is 0 Å². The summed E-state index contributed by atoms with van der Waals surface area (Å²) in [5.74, 6) is -0.764. The van der Waals surface area contributed by atoms with Gasteiger partial charge in [-0.05, 0) is 42.5 Å². The molecule has 26 heavy (non-hydrogen) atoms. The van der Waals surface area contributed by atoms with E-state index in [4.69, 9.17) is 10.5 Å². The minimum absolute atomic E-state index is 0.166. The van der Waals surface area contributed by atoms with Crippen molar-refractivity contribution in [1.29, 1.82) is 0 Å². The lowest BCUT2D eigenvalue weighted by Crippen LogP contribution is -2.25. The quantitative estimate of drug-likeness (QED) is 0.789. The molecule has 0 aliphatic carbocycles. The third kappa shape index (κ3) is 4.31. The van der Waals surface area contributed by atoms with E-state index < -0.39 is 21.8 Å². The van der Waals surface area contributed by atoms with Crippen LogP contribution in [0.4, 0.5) is 11.4 Å². The maximum atomic E-state index is 12.6. The highest BCUT2D eigenvalue weighted by Crippen LogP contribution is 2.26. The van der Waals surface area contributed by atoms with E-state index in [1.165, 1.54) is 56.6 Å². The molecule has 0 unspecified atom stereocenters. The fourth-order valence-electron chi connectivity index (χ4n) is 2.18. The molecule has 0 saturated heterocycles. The van der Waals surface area contributed by atoms with E-state index in [1.807, 2.05) is 0 Å². The molecular weight excluding hydrogens is 358 g/mol.